The summed E-state index contributed by atoms with van der Waals surface area (Å²) in [6.45, 7) is 3.08. The molecule has 3 N–H and O–H groups in total. The second kappa shape index (κ2) is 7.76. The molecule has 7 nitrogen and oxygen atoms in total. The lowest BCUT2D eigenvalue weighted by atomic mass is 9.99. The number of carbonyl (C=O) groups is 1. The summed E-state index contributed by atoms with van der Waals surface area (Å²) in [6, 6.07) is 0. The lowest BCUT2D eigenvalue weighted by molar-refractivity contribution is -0.297. The number of ether oxygens (including phenoxy) is 3. The second-order valence-electron chi connectivity index (χ2n) is 4.50. The van der Waals surface area contributed by atoms with Crippen molar-refractivity contribution in [3.05, 3.63) is 0 Å². The quantitative estimate of drug-likeness (QED) is 0.430. The standard InChI is InChI=1S/C12H22O7/c1-3-4-5-17-10-9(15)8(6-13)19-12(16)11(10)18-7(2)14/h8-13,15-16H,3-6H2,1-2H3/t8-,9-,10+,11+,12?/m1/s1. The SMILES string of the molecule is CCCCO[C@H]1[C@H](O)[C@@H](CO)OC(O)[C@H]1OC(C)=O. The molecule has 1 fully saturated rings. The Morgan fingerprint density at radius 1 is 1.32 bits per heavy atom. The summed E-state index contributed by atoms with van der Waals surface area (Å²) >= 11 is 0. The van der Waals surface area contributed by atoms with Gasteiger partial charge in [-0.3, -0.25) is 4.79 Å². The molecule has 0 aliphatic carbocycles. The maximum absolute atomic E-state index is 11.0. The largest absolute Gasteiger partial charge is 0.454 e. The number of aliphatic hydroxyl groups excluding tert-OH is 3. The fourth-order valence-electron chi connectivity index (χ4n) is 1.93. The van der Waals surface area contributed by atoms with Crippen molar-refractivity contribution in [2.45, 2.75) is 57.4 Å². The van der Waals surface area contributed by atoms with E-state index >= 15 is 0 Å². The minimum Gasteiger partial charge on any atom is -0.454 e. The monoisotopic (exact) mass is 278 g/mol. The maximum atomic E-state index is 11.0. The summed E-state index contributed by atoms with van der Waals surface area (Å²) in [6.07, 6.45) is -3.91. The van der Waals surface area contributed by atoms with E-state index in [-0.39, 0.29) is 0 Å². The molecule has 1 aliphatic heterocycles. The Bertz CT molecular complexity index is 283. The zero-order chi connectivity index (χ0) is 14.4. The zero-order valence-electron chi connectivity index (χ0n) is 11.2. The van der Waals surface area contributed by atoms with E-state index in [9.17, 15) is 15.0 Å². The highest BCUT2D eigenvalue weighted by atomic mass is 16.7. The van der Waals surface area contributed by atoms with E-state index in [1.807, 2.05) is 6.92 Å². The van der Waals surface area contributed by atoms with Crippen LogP contribution >= 0.6 is 0 Å². The van der Waals surface area contributed by atoms with E-state index in [2.05, 4.69) is 0 Å². The Morgan fingerprint density at radius 2 is 2.00 bits per heavy atom. The van der Waals surface area contributed by atoms with Crippen LogP contribution in [0.1, 0.15) is 26.7 Å². The zero-order valence-corrected chi connectivity index (χ0v) is 11.2. The predicted molar refractivity (Wildman–Crippen MR) is 64.2 cm³/mol. The van der Waals surface area contributed by atoms with E-state index < -0.39 is 43.3 Å². The number of hydrogen-bond acceptors (Lipinski definition) is 7. The van der Waals surface area contributed by atoms with Gasteiger partial charge < -0.3 is 29.5 Å². The summed E-state index contributed by atoms with van der Waals surface area (Å²) in [5, 5.41) is 28.9. The summed E-state index contributed by atoms with van der Waals surface area (Å²) in [5.41, 5.74) is 0. The van der Waals surface area contributed by atoms with Crippen molar-refractivity contribution in [2.75, 3.05) is 13.2 Å². The van der Waals surface area contributed by atoms with Crippen LogP contribution in [-0.2, 0) is 19.0 Å². The Labute approximate surface area is 112 Å². The molecule has 0 aromatic heterocycles. The third kappa shape index (κ3) is 4.39. The van der Waals surface area contributed by atoms with E-state index in [1.54, 1.807) is 0 Å². The lowest BCUT2D eigenvalue weighted by Gasteiger charge is -2.41. The van der Waals surface area contributed by atoms with Crippen LogP contribution in [0.3, 0.4) is 0 Å². The van der Waals surface area contributed by atoms with Crippen molar-refractivity contribution in [1.29, 1.82) is 0 Å². The second-order valence-corrected chi connectivity index (χ2v) is 4.50. The molecule has 1 aliphatic rings. The molecule has 0 aromatic carbocycles. The van der Waals surface area contributed by atoms with E-state index in [0.29, 0.717) is 6.61 Å². The number of esters is 1. The van der Waals surface area contributed by atoms with Crippen molar-refractivity contribution in [3.8, 4) is 0 Å². The third-order valence-corrected chi connectivity index (χ3v) is 2.93. The first kappa shape index (κ1) is 16.3. The van der Waals surface area contributed by atoms with Gasteiger partial charge >= 0.3 is 5.97 Å². The Morgan fingerprint density at radius 3 is 2.53 bits per heavy atom. The van der Waals surface area contributed by atoms with Gasteiger partial charge in [0.15, 0.2) is 12.4 Å². The number of hydrogen-bond donors (Lipinski definition) is 3. The molecule has 0 radical (unpaired) electrons. The fourth-order valence-corrected chi connectivity index (χ4v) is 1.93. The third-order valence-electron chi connectivity index (χ3n) is 2.93. The molecule has 1 rings (SSSR count). The molecule has 1 unspecified atom stereocenters. The topological polar surface area (TPSA) is 105 Å². The van der Waals surface area contributed by atoms with Crippen molar-refractivity contribution in [3.63, 3.8) is 0 Å². The smallest absolute Gasteiger partial charge is 0.303 e. The van der Waals surface area contributed by atoms with Crippen molar-refractivity contribution in [1.82, 2.24) is 0 Å². The lowest BCUT2D eigenvalue weighted by Crippen LogP contribution is -2.60. The van der Waals surface area contributed by atoms with Gasteiger partial charge in [0.1, 0.15) is 18.3 Å². The molecular formula is C12H22O7. The highest BCUT2D eigenvalue weighted by molar-refractivity contribution is 5.66. The molecule has 19 heavy (non-hydrogen) atoms. The average molecular weight is 278 g/mol. The molecule has 112 valence electrons. The first-order valence-electron chi connectivity index (χ1n) is 6.42. The van der Waals surface area contributed by atoms with Crippen molar-refractivity contribution in [2.24, 2.45) is 0 Å². The summed E-state index contributed by atoms with van der Waals surface area (Å²) in [7, 11) is 0. The first-order chi connectivity index (χ1) is 9.01. The number of rotatable bonds is 6. The Hall–Kier alpha value is -0.730. The fraction of sp³-hybridized carbons (Fsp3) is 0.917. The highest BCUT2D eigenvalue weighted by Gasteiger charge is 2.47. The van der Waals surface area contributed by atoms with E-state index in [1.165, 1.54) is 6.92 Å². The van der Waals surface area contributed by atoms with Crippen LogP contribution in [-0.4, -0.2) is 65.2 Å². The van der Waals surface area contributed by atoms with Gasteiger partial charge in [0, 0.05) is 13.5 Å². The average Bonchev–Trinajstić information content (AvgIpc) is 2.36. The number of carbonyl (C=O) groups excluding carboxylic acids is 1. The molecular weight excluding hydrogens is 256 g/mol. The Kier molecular flexibility index (Phi) is 6.67. The van der Waals surface area contributed by atoms with Crippen LogP contribution in [0, 0.1) is 0 Å². The highest BCUT2D eigenvalue weighted by Crippen LogP contribution is 2.25. The summed E-state index contributed by atoms with van der Waals surface area (Å²) < 4.78 is 15.4. The number of unbranched alkanes of at least 4 members (excludes halogenated alkanes) is 1. The molecule has 1 saturated heterocycles. The van der Waals surface area contributed by atoms with Crippen LogP contribution in [0.15, 0.2) is 0 Å². The minimum absolute atomic E-state index is 0.362. The van der Waals surface area contributed by atoms with E-state index in [0.717, 1.165) is 12.8 Å². The summed E-state index contributed by atoms with van der Waals surface area (Å²) in [4.78, 5) is 11.0. The first-order valence-corrected chi connectivity index (χ1v) is 6.42. The molecule has 0 bridgehead atoms. The minimum atomic E-state index is -1.43. The van der Waals surface area contributed by atoms with Crippen LogP contribution < -0.4 is 0 Å². The van der Waals surface area contributed by atoms with Crippen molar-refractivity contribution >= 4 is 5.97 Å². The predicted octanol–water partition coefficient (Wildman–Crippen LogP) is -0.826. The molecule has 7 heteroatoms. The van der Waals surface area contributed by atoms with Gasteiger partial charge in [0.2, 0.25) is 0 Å². The molecule has 0 saturated carbocycles. The van der Waals surface area contributed by atoms with Gasteiger partial charge in [0.05, 0.1) is 6.61 Å². The number of aliphatic hydroxyl groups is 3. The van der Waals surface area contributed by atoms with Gasteiger partial charge in [0.25, 0.3) is 0 Å². The molecule has 1 heterocycles. The van der Waals surface area contributed by atoms with Gasteiger partial charge in [-0.1, -0.05) is 13.3 Å². The Balaban J connectivity index is 2.74. The maximum Gasteiger partial charge on any atom is 0.303 e. The van der Waals surface area contributed by atoms with Crippen LogP contribution in [0.25, 0.3) is 0 Å². The van der Waals surface area contributed by atoms with Gasteiger partial charge in [-0.05, 0) is 6.42 Å². The van der Waals surface area contributed by atoms with Crippen molar-refractivity contribution < 1.29 is 34.3 Å². The molecule has 5 atom stereocenters. The van der Waals surface area contributed by atoms with Gasteiger partial charge in [-0.2, -0.15) is 0 Å². The van der Waals surface area contributed by atoms with E-state index in [4.69, 9.17) is 19.3 Å². The van der Waals surface area contributed by atoms with Crippen LogP contribution in [0.5, 0.6) is 0 Å². The molecule has 0 amide bonds. The van der Waals surface area contributed by atoms with Crippen LogP contribution in [0.2, 0.25) is 0 Å². The van der Waals surface area contributed by atoms with Gasteiger partial charge in [-0.15, -0.1) is 0 Å². The summed E-state index contributed by atoms with van der Waals surface area (Å²) in [5.74, 6) is -0.605. The normalized spacial score (nSPS) is 35.1. The van der Waals surface area contributed by atoms with Crippen LogP contribution in [0.4, 0.5) is 0 Å². The van der Waals surface area contributed by atoms with Gasteiger partial charge in [-0.25, -0.2) is 0 Å². The molecule has 0 spiro atoms. The molecule has 0 aromatic rings.